The molecule has 0 spiro atoms. The highest BCUT2D eigenvalue weighted by Crippen LogP contribution is 2.21. The summed E-state index contributed by atoms with van der Waals surface area (Å²) in [5.41, 5.74) is 2.10. The highest BCUT2D eigenvalue weighted by molar-refractivity contribution is 7.13. The van der Waals surface area contributed by atoms with Gasteiger partial charge in [-0.25, -0.2) is 4.98 Å². The summed E-state index contributed by atoms with van der Waals surface area (Å²) in [6, 6.07) is 17.8. The number of benzene rings is 2. The second-order valence-corrected chi connectivity index (χ2v) is 6.32. The minimum atomic E-state index is -0.0956. The number of nitrogens with one attached hydrogen (secondary N) is 1. The first-order valence-corrected chi connectivity index (χ1v) is 8.75. The highest BCUT2D eigenvalue weighted by Gasteiger charge is 2.13. The van der Waals surface area contributed by atoms with Gasteiger partial charge in [0.05, 0.1) is 13.7 Å². The third-order valence-electron chi connectivity index (χ3n) is 3.67. The van der Waals surface area contributed by atoms with E-state index in [9.17, 15) is 4.79 Å². The van der Waals surface area contributed by atoms with Crippen LogP contribution in [0, 0.1) is 0 Å². The molecule has 3 rings (SSSR count). The molecule has 3 aromatic rings. The third-order valence-corrected chi connectivity index (χ3v) is 4.36. The molecule has 0 unspecified atom stereocenters. The Hall–Kier alpha value is -2.86. The van der Waals surface area contributed by atoms with Crippen molar-refractivity contribution >= 4 is 28.1 Å². The van der Waals surface area contributed by atoms with E-state index in [-0.39, 0.29) is 12.5 Å². The van der Waals surface area contributed by atoms with Gasteiger partial charge < -0.3 is 15.0 Å². The van der Waals surface area contributed by atoms with E-state index >= 15 is 0 Å². The van der Waals surface area contributed by atoms with Gasteiger partial charge in [0.25, 0.3) is 0 Å². The van der Waals surface area contributed by atoms with Crippen LogP contribution in [0.2, 0.25) is 0 Å². The monoisotopic (exact) mass is 353 g/mol. The Bertz CT molecular complexity index is 789. The SMILES string of the molecule is COc1ccc(N(CC(=O)Nc2nccs2)Cc2ccccc2)cc1. The van der Waals surface area contributed by atoms with Crippen molar-refractivity contribution in [1.82, 2.24) is 4.98 Å². The topological polar surface area (TPSA) is 54.5 Å². The first-order valence-electron chi connectivity index (χ1n) is 7.87. The maximum atomic E-state index is 12.4. The Morgan fingerprint density at radius 1 is 1.16 bits per heavy atom. The Labute approximate surface area is 150 Å². The second-order valence-electron chi connectivity index (χ2n) is 5.43. The molecule has 5 nitrogen and oxygen atoms in total. The number of carbonyl (C=O) groups is 1. The van der Waals surface area contributed by atoms with Gasteiger partial charge in [-0.1, -0.05) is 30.3 Å². The zero-order valence-electron chi connectivity index (χ0n) is 13.9. The standard InChI is InChI=1S/C19H19N3O2S/c1-24-17-9-7-16(8-10-17)22(13-15-5-3-2-4-6-15)14-18(23)21-19-20-11-12-25-19/h2-12H,13-14H2,1H3,(H,20,21,23). The van der Waals surface area contributed by atoms with Crippen LogP contribution in [0.15, 0.2) is 66.2 Å². The van der Waals surface area contributed by atoms with Crippen LogP contribution in [0.3, 0.4) is 0 Å². The smallest absolute Gasteiger partial charge is 0.245 e. The van der Waals surface area contributed by atoms with Gasteiger partial charge in [-0.15, -0.1) is 11.3 Å². The summed E-state index contributed by atoms with van der Waals surface area (Å²) < 4.78 is 5.21. The van der Waals surface area contributed by atoms with Gasteiger partial charge in [0.2, 0.25) is 5.91 Å². The maximum absolute atomic E-state index is 12.4. The van der Waals surface area contributed by atoms with Crippen LogP contribution in [-0.4, -0.2) is 24.5 Å². The lowest BCUT2D eigenvalue weighted by atomic mass is 10.2. The van der Waals surface area contributed by atoms with Gasteiger partial charge in [0.1, 0.15) is 5.75 Å². The fourth-order valence-corrected chi connectivity index (χ4v) is 3.00. The van der Waals surface area contributed by atoms with Crippen LogP contribution < -0.4 is 15.0 Å². The summed E-state index contributed by atoms with van der Waals surface area (Å²) >= 11 is 1.40. The van der Waals surface area contributed by atoms with Gasteiger partial charge in [-0.3, -0.25) is 4.79 Å². The fourth-order valence-electron chi connectivity index (χ4n) is 2.45. The number of rotatable bonds is 7. The molecule has 1 aromatic heterocycles. The minimum Gasteiger partial charge on any atom is -0.497 e. The molecular formula is C19H19N3O2S. The maximum Gasteiger partial charge on any atom is 0.245 e. The molecule has 0 bridgehead atoms. The molecule has 128 valence electrons. The Morgan fingerprint density at radius 2 is 1.92 bits per heavy atom. The number of thiazole rings is 1. The lowest BCUT2D eigenvalue weighted by Crippen LogP contribution is -2.32. The van der Waals surface area contributed by atoms with Crippen LogP contribution in [-0.2, 0) is 11.3 Å². The normalized spacial score (nSPS) is 10.3. The van der Waals surface area contributed by atoms with Gasteiger partial charge in [0, 0.05) is 23.8 Å². The summed E-state index contributed by atoms with van der Waals surface area (Å²) in [7, 11) is 1.64. The number of amides is 1. The van der Waals surface area contributed by atoms with Gasteiger partial charge in [-0.2, -0.15) is 0 Å². The number of nitrogens with zero attached hydrogens (tertiary/aromatic N) is 2. The van der Waals surface area contributed by atoms with Crippen molar-refractivity contribution in [2.45, 2.75) is 6.54 Å². The highest BCUT2D eigenvalue weighted by atomic mass is 32.1. The van der Waals surface area contributed by atoms with Crippen LogP contribution in [0.25, 0.3) is 0 Å². The number of ether oxygens (including phenoxy) is 1. The Morgan fingerprint density at radius 3 is 2.56 bits per heavy atom. The molecule has 0 fully saturated rings. The van der Waals surface area contributed by atoms with Crippen molar-refractivity contribution in [2.24, 2.45) is 0 Å². The van der Waals surface area contributed by atoms with E-state index in [0.29, 0.717) is 11.7 Å². The summed E-state index contributed by atoms with van der Waals surface area (Å²) in [4.78, 5) is 18.5. The predicted molar refractivity (Wildman–Crippen MR) is 101 cm³/mol. The molecule has 0 radical (unpaired) electrons. The molecule has 1 amide bonds. The second kappa shape index (κ2) is 8.30. The lowest BCUT2D eigenvalue weighted by Gasteiger charge is -2.24. The van der Waals surface area contributed by atoms with Crippen molar-refractivity contribution in [1.29, 1.82) is 0 Å². The van der Waals surface area contributed by atoms with Crippen molar-refractivity contribution in [3.63, 3.8) is 0 Å². The minimum absolute atomic E-state index is 0.0956. The van der Waals surface area contributed by atoms with E-state index in [2.05, 4.69) is 22.4 Å². The van der Waals surface area contributed by atoms with Gasteiger partial charge >= 0.3 is 0 Å². The van der Waals surface area contributed by atoms with E-state index in [0.717, 1.165) is 17.0 Å². The quantitative estimate of drug-likeness (QED) is 0.702. The van der Waals surface area contributed by atoms with Crippen LogP contribution >= 0.6 is 11.3 Å². The first kappa shape index (κ1) is 17.0. The van der Waals surface area contributed by atoms with E-state index in [1.807, 2.05) is 52.7 Å². The van der Waals surface area contributed by atoms with Crippen LogP contribution in [0.1, 0.15) is 5.56 Å². The van der Waals surface area contributed by atoms with Crippen molar-refractivity contribution < 1.29 is 9.53 Å². The fraction of sp³-hybridized carbons (Fsp3) is 0.158. The van der Waals surface area contributed by atoms with Crippen LogP contribution in [0.5, 0.6) is 5.75 Å². The Balaban J connectivity index is 1.76. The zero-order valence-corrected chi connectivity index (χ0v) is 14.7. The lowest BCUT2D eigenvalue weighted by molar-refractivity contribution is -0.115. The van der Waals surface area contributed by atoms with E-state index in [1.165, 1.54) is 11.3 Å². The number of aromatic nitrogens is 1. The molecule has 1 N–H and O–H groups in total. The number of anilines is 2. The molecule has 0 aliphatic carbocycles. The average molecular weight is 353 g/mol. The molecule has 0 saturated heterocycles. The number of hydrogen-bond acceptors (Lipinski definition) is 5. The van der Waals surface area contributed by atoms with Crippen molar-refractivity contribution in [3.8, 4) is 5.75 Å². The number of methoxy groups -OCH3 is 1. The van der Waals surface area contributed by atoms with Crippen molar-refractivity contribution in [3.05, 3.63) is 71.7 Å². The van der Waals surface area contributed by atoms with Gasteiger partial charge in [0.15, 0.2) is 5.13 Å². The van der Waals surface area contributed by atoms with Crippen LogP contribution in [0.4, 0.5) is 10.8 Å². The predicted octanol–water partition coefficient (Wildman–Crippen LogP) is 3.80. The molecule has 2 aromatic carbocycles. The summed E-state index contributed by atoms with van der Waals surface area (Å²) in [6.45, 7) is 0.874. The molecule has 25 heavy (non-hydrogen) atoms. The number of hydrogen-bond donors (Lipinski definition) is 1. The van der Waals surface area contributed by atoms with Gasteiger partial charge in [-0.05, 0) is 29.8 Å². The van der Waals surface area contributed by atoms with Crippen molar-refractivity contribution in [2.75, 3.05) is 23.9 Å². The first-order chi connectivity index (χ1) is 12.2. The zero-order chi connectivity index (χ0) is 17.5. The molecule has 6 heteroatoms. The summed E-state index contributed by atoms with van der Waals surface area (Å²) in [6.07, 6.45) is 1.67. The molecular weight excluding hydrogens is 334 g/mol. The van der Waals surface area contributed by atoms with E-state index < -0.39 is 0 Å². The van der Waals surface area contributed by atoms with E-state index in [1.54, 1.807) is 13.3 Å². The molecule has 0 atom stereocenters. The third kappa shape index (κ3) is 4.81. The summed E-state index contributed by atoms with van der Waals surface area (Å²) in [5, 5.41) is 5.28. The number of carbonyl (C=O) groups excluding carboxylic acids is 1. The average Bonchev–Trinajstić information content (AvgIpc) is 3.15. The molecule has 1 heterocycles. The molecule has 0 aliphatic rings. The molecule has 0 saturated carbocycles. The summed E-state index contributed by atoms with van der Waals surface area (Å²) in [5.74, 6) is 0.692. The van der Waals surface area contributed by atoms with E-state index in [4.69, 9.17) is 4.74 Å². The molecule has 0 aliphatic heterocycles. The largest absolute Gasteiger partial charge is 0.497 e. The Kier molecular flexibility index (Phi) is 5.64.